The molecule has 3 aromatic carbocycles. The highest BCUT2D eigenvalue weighted by Gasteiger charge is 2.19. The van der Waals surface area contributed by atoms with Gasteiger partial charge in [-0.3, -0.25) is 4.79 Å². The number of aromatic nitrogens is 1. The van der Waals surface area contributed by atoms with Gasteiger partial charge < -0.3 is 5.32 Å². The summed E-state index contributed by atoms with van der Waals surface area (Å²) in [6.45, 7) is 3.40. The van der Waals surface area contributed by atoms with Crippen molar-refractivity contribution >= 4 is 42.5 Å². The van der Waals surface area contributed by atoms with Crippen molar-refractivity contribution in [1.82, 2.24) is 8.69 Å². The van der Waals surface area contributed by atoms with Gasteiger partial charge in [0.2, 0.25) is 15.9 Å². The second-order valence-electron chi connectivity index (χ2n) is 8.18. The third-order valence-corrected chi connectivity index (χ3v) is 8.67. The second-order valence-corrected chi connectivity index (χ2v) is 11.8. The summed E-state index contributed by atoms with van der Waals surface area (Å²) in [7, 11) is -7.51. The smallest absolute Gasteiger partial charge is 0.268 e. The van der Waals surface area contributed by atoms with Crippen LogP contribution in [0.3, 0.4) is 0 Å². The summed E-state index contributed by atoms with van der Waals surface area (Å²) in [4.78, 5) is 11.4. The number of anilines is 1. The van der Waals surface area contributed by atoms with Crippen molar-refractivity contribution in [1.29, 1.82) is 0 Å². The summed E-state index contributed by atoms with van der Waals surface area (Å²) in [5.74, 6) is -0.242. The highest BCUT2D eigenvalue weighted by molar-refractivity contribution is 7.90. The first-order valence-corrected chi connectivity index (χ1v) is 13.8. The molecule has 8 nitrogen and oxygen atoms in total. The number of amides is 1. The lowest BCUT2D eigenvalue weighted by molar-refractivity contribution is -0.114. The van der Waals surface area contributed by atoms with E-state index in [1.807, 2.05) is 19.1 Å². The number of carbonyl (C=O) groups is 1. The Balaban J connectivity index is 1.49. The Labute approximate surface area is 204 Å². The number of carbonyl (C=O) groups excluding carboxylic acids is 1. The van der Waals surface area contributed by atoms with E-state index in [2.05, 4.69) is 10.0 Å². The maximum absolute atomic E-state index is 13.2. The molecular formula is C25H25N3O5S2. The number of nitrogens with zero attached hydrogens (tertiary/aromatic N) is 1. The van der Waals surface area contributed by atoms with Crippen molar-refractivity contribution < 1.29 is 21.6 Å². The molecule has 4 rings (SSSR count). The molecule has 0 atom stereocenters. The predicted octanol–water partition coefficient (Wildman–Crippen LogP) is 3.67. The average molecular weight is 512 g/mol. The standard InChI is InChI=1S/C25H25N3O5S2/c1-18-3-9-24(10-4-18)35(32,33)28-16-14-21-6-5-20(17-25(21)28)13-15-26-34(30,31)23-11-7-22(8-12-23)27-19(2)29/h3-12,14,16-17,26H,13,15H2,1-2H3,(H,27,29). The van der Waals surface area contributed by atoms with Gasteiger partial charge in [0, 0.05) is 30.7 Å². The maximum Gasteiger partial charge on any atom is 0.268 e. The van der Waals surface area contributed by atoms with Gasteiger partial charge >= 0.3 is 0 Å². The molecule has 35 heavy (non-hydrogen) atoms. The van der Waals surface area contributed by atoms with E-state index in [-0.39, 0.29) is 22.2 Å². The van der Waals surface area contributed by atoms with Crippen molar-refractivity contribution in [3.63, 3.8) is 0 Å². The Hall–Kier alpha value is -3.47. The average Bonchev–Trinajstić information content (AvgIpc) is 3.23. The molecule has 2 N–H and O–H groups in total. The number of rotatable bonds is 8. The van der Waals surface area contributed by atoms with Crippen LogP contribution in [0.1, 0.15) is 18.1 Å². The van der Waals surface area contributed by atoms with Gasteiger partial charge in [0.25, 0.3) is 10.0 Å². The number of hydrogen-bond donors (Lipinski definition) is 2. The lowest BCUT2D eigenvalue weighted by Gasteiger charge is -2.10. The number of aryl methyl sites for hydroxylation is 1. The van der Waals surface area contributed by atoms with Gasteiger partial charge in [0.15, 0.2) is 0 Å². The monoisotopic (exact) mass is 511 g/mol. The van der Waals surface area contributed by atoms with E-state index in [1.165, 1.54) is 41.4 Å². The first-order chi connectivity index (χ1) is 16.6. The van der Waals surface area contributed by atoms with Crippen molar-refractivity contribution in [2.75, 3.05) is 11.9 Å². The highest BCUT2D eigenvalue weighted by atomic mass is 32.2. The van der Waals surface area contributed by atoms with Crippen molar-refractivity contribution in [2.24, 2.45) is 0 Å². The van der Waals surface area contributed by atoms with Crippen LogP contribution in [0.2, 0.25) is 0 Å². The number of fused-ring (bicyclic) bond motifs is 1. The van der Waals surface area contributed by atoms with Gasteiger partial charge in [0.1, 0.15) is 0 Å². The minimum absolute atomic E-state index is 0.0834. The van der Waals surface area contributed by atoms with Crippen LogP contribution in [0, 0.1) is 6.92 Å². The molecule has 10 heteroatoms. The van der Waals surface area contributed by atoms with Gasteiger partial charge in [-0.05, 0) is 67.4 Å². The van der Waals surface area contributed by atoms with Crippen LogP contribution in [0.15, 0.2) is 88.8 Å². The summed E-state index contributed by atoms with van der Waals surface area (Å²) in [5.41, 5.74) is 2.79. The number of hydrogen-bond acceptors (Lipinski definition) is 5. The van der Waals surface area contributed by atoms with Crippen LogP contribution in [0.25, 0.3) is 10.9 Å². The maximum atomic E-state index is 13.2. The summed E-state index contributed by atoms with van der Waals surface area (Å²) >= 11 is 0. The molecule has 0 spiro atoms. The van der Waals surface area contributed by atoms with Crippen LogP contribution in [0.5, 0.6) is 0 Å². The molecule has 1 aromatic heterocycles. The fourth-order valence-electron chi connectivity index (χ4n) is 3.67. The zero-order chi connectivity index (χ0) is 25.2. The molecule has 0 unspecified atom stereocenters. The largest absolute Gasteiger partial charge is 0.326 e. The minimum atomic E-state index is -3.77. The molecule has 0 aliphatic heterocycles. The van der Waals surface area contributed by atoms with E-state index >= 15 is 0 Å². The first kappa shape index (κ1) is 24.6. The van der Waals surface area contributed by atoms with Crippen molar-refractivity contribution in [3.05, 3.63) is 90.1 Å². The normalized spacial score (nSPS) is 12.1. The summed E-state index contributed by atoms with van der Waals surface area (Å²) < 4.78 is 55.4. The van der Waals surface area contributed by atoms with Gasteiger partial charge in [-0.2, -0.15) is 0 Å². The van der Waals surface area contributed by atoms with Crippen molar-refractivity contribution in [3.8, 4) is 0 Å². The minimum Gasteiger partial charge on any atom is -0.326 e. The van der Waals surface area contributed by atoms with Gasteiger partial charge in [-0.15, -0.1) is 0 Å². The van der Waals surface area contributed by atoms with Crippen LogP contribution in [-0.2, 0) is 31.3 Å². The van der Waals surface area contributed by atoms with Crippen molar-refractivity contribution in [2.45, 2.75) is 30.1 Å². The molecule has 1 heterocycles. The zero-order valence-corrected chi connectivity index (χ0v) is 20.9. The van der Waals surface area contributed by atoms with Gasteiger partial charge in [-0.1, -0.05) is 29.8 Å². The first-order valence-electron chi connectivity index (χ1n) is 10.9. The Kier molecular flexibility index (Phi) is 6.79. The summed E-state index contributed by atoms with van der Waals surface area (Å²) in [6.07, 6.45) is 1.89. The van der Waals surface area contributed by atoms with Crippen LogP contribution in [-0.4, -0.2) is 33.3 Å². The van der Waals surface area contributed by atoms with E-state index in [4.69, 9.17) is 0 Å². The van der Waals surface area contributed by atoms with Gasteiger partial charge in [-0.25, -0.2) is 25.5 Å². The Morgan fingerprint density at radius 1 is 0.857 bits per heavy atom. The fraction of sp³-hybridized carbons (Fsp3) is 0.160. The molecule has 0 fully saturated rings. The number of benzene rings is 3. The van der Waals surface area contributed by atoms with E-state index in [0.717, 1.165) is 16.5 Å². The Bertz CT molecular complexity index is 1590. The number of nitrogens with one attached hydrogen (secondary N) is 2. The van der Waals surface area contributed by atoms with Gasteiger partial charge in [0.05, 0.1) is 15.3 Å². The Morgan fingerprint density at radius 2 is 1.51 bits per heavy atom. The van der Waals surface area contributed by atoms with E-state index in [1.54, 1.807) is 36.4 Å². The topological polar surface area (TPSA) is 114 Å². The van der Waals surface area contributed by atoms with Crippen LogP contribution >= 0.6 is 0 Å². The summed E-state index contributed by atoms with van der Waals surface area (Å²) in [5, 5.41) is 3.36. The molecule has 0 aliphatic rings. The molecule has 0 radical (unpaired) electrons. The second kappa shape index (κ2) is 9.65. The predicted molar refractivity (Wildman–Crippen MR) is 135 cm³/mol. The molecule has 0 aliphatic carbocycles. The molecule has 0 bridgehead atoms. The summed E-state index contributed by atoms with van der Waals surface area (Å²) in [6, 6.07) is 19.7. The molecule has 182 valence electrons. The van der Waals surface area contributed by atoms with E-state index in [9.17, 15) is 21.6 Å². The lowest BCUT2D eigenvalue weighted by Crippen LogP contribution is -2.26. The third-order valence-electron chi connectivity index (χ3n) is 5.49. The molecule has 4 aromatic rings. The third kappa shape index (κ3) is 5.45. The van der Waals surface area contributed by atoms with E-state index in [0.29, 0.717) is 17.6 Å². The molecule has 0 saturated carbocycles. The van der Waals surface area contributed by atoms with Crippen LogP contribution < -0.4 is 10.0 Å². The Morgan fingerprint density at radius 3 is 2.17 bits per heavy atom. The SMILES string of the molecule is CC(=O)Nc1ccc(S(=O)(=O)NCCc2ccc3ccn(S(=O)(=O)c4ccc(C)cc4)c3c2)cc1. The number of sulfonamides is 1. The molecule has 1 amide bonds. The fourth-order valence-corrected chi connectivity index (χ4v) is 6.05. The van der Waals surface area contributed by atoms with Crippen LogP contribution in [0.4, 0.5) is 5.69 Å². The quantitative estimate of drug-likeness (QED) is 0.375. The molecule has 0 saturated heterocycles. The van der Waals surface area contributed by atoms with E-state index < -0.39 is 20.0 Å². The zero-order valence-electron chi connectivity index (χ0n) is 19.2. The lowest BCUT2D eigenvalue weighted by atomic mass is 10.1. The highest BCUT2D eigenvalue weighted by Crippen LogP contribution is 2.24. The molecular weight excluding hydrogens is 486 g/mol.